The highest BCUT2D eigenvalue weighted by Gasteiger charge is 2.31. The number of benzene rings is 9. The van der Waals surface area contributed by atoms with Crippen LogP contribution in [-0.4, -0.2) is 297 Å². The quantitative estimate of drug-likeness (QED) is 0.0337. The molecule has 4 saturated heterocycles. The maximum Gasteiger partial charge on any atom is 0.266 e. The Morgan fingerprint density at radius 1 is 0.357 bits per heavy atom. The van der Waals surface area contributed by atoms with Crippen LogP contribution in [0.5, 0.6) is 34.5 Å². The van der Waals surface area contributed by atoms with Crippen LogP contribution >= 0.6 is 34.8 Å². The number of unbranched alkanes of at least 4 members (excludes halogenated alkanes) is 3. The van der Waals surface area contributed by atoms with Crippen LogP contribution < -0.4 is 45.1 Å². The number of hydrogen-bond donors (Lipinski definition) is 2. The van der Waals surface area contributed by atoms with Crippen molar-refractivity contribution in [1.82, 2.24) is 72.8 Å². The van der Waals surface area contributed by atoms with Gasteiger partial charge in [-0.1, -0.05) is 95.8 Å². The van der Waals surface area contributed by atoms with Gasteiger partial charge in [0.15, 0.2) is 19.8 Å². The zero-order valence-electron chi connectivity index (χ0n) is 83.3. The lowest BCUT2D eigenvalue weighted by Gasteiger charge is -2.35. The third-order valence-corrected chi connectivity index (χ3v) is 26.1. The standard InChI is InChI=1S/C37H45ClN6O5.C37H46ClN5O4.C36H43ClN4O6/c1-27(2)49-34-12-7-28(24-41-15-13-40(14-16-41)21-22-45)23-33(34)44-35(39-32-6-4-3-5-31(32)37(44)47)25-42-17-19-43(20-18-42)36(46)26-48-30-10-8-29(38)9-11-30;1-27(2)47-34-18-13-28(10-6-5-9-19-40(3)4)24-33(34)43-35(39-32-12-8-7-11-31(32)37(43)45)25-41-20-22-42(23-21-41)36(44)26-46-30-16-14-29(38)15-17-30;1-26(2)47-33-15-10-27(7-5-6-21-45-22-20-42)23-32(33)41-34(38-31-9-4-3-8-30(31)36(41)44)24-39-16-18-40(19-17-39)35(43)25-46-29-13-11-28(37)12-14-29/h3-12,23,27,45H,13-22,24-26H2,1-2H3;7-8,11-18,24,27H,5-6,9-10,19-23,25-26H2,1-4H3;3-4,8-15,23,26,42H,5-7,16-22,24-25H2,1-2H3. The summed E-state index contributed by atoms with van der Waals surface area (Å²) in [5, 5.41) is 21.8. The summed E-state index contributed by atoms with van der Waals surface area (Å²) in [5.41, 5.74) is 6.94. The summed E-state index contributed by atoms with van der Waals surface area (Å²) in [6.07, 6.45) is 6.62. The number of nitrogens with zero attached hydrogens (tertiary/aromatic N) is 15. The molecule has 0 unspecified atom stereocenters. The number of β-amino-alcohol motifs (C(OH)–C–C–N with tert-alkyl or cyclic N) is 1. The number of para-hydroxylation sites is 3. The van der Waals surface area contributed by atoms with Gasteiger partial charge in [0.25, 0.3) is 34.4 Å². The van der Waals surface area contributed by atoms with Crippen LogP contribution in [0.1, 0.15) is 108 Å². The molecular weight excluding hydrogens is 1880 g/mol. The highest BCUT2D eigenvalue weighted by molar-refractivity contribution is 6.31. The molecule has 33 heteroatoms. The second kappa shape index (κ2) is 53.1. The predicted molar refractivity (Wildman–Crippen MR) is 561 cm³/mol. The number of amides is 3. The molecule has 4 fully saturated rings. The van der Waals surface area contributed by atoms with Crippen molar-refractivity contribution < 1.29 is 57.8 Å². The molecule has 16 rings (SSSR count). The van der Waals surface area contributed by atoms with E-state index in [9.17, 15) is 33.9 Å². The number of halogens is 3. The van der Waals surface area contributed by atoms with E-state index in [2.05, 4.69) is 67.8 Å². The molecule has 3 aromatic heterocycles. The summed E-state index contributed by atoms with van der Waals surface area (Å²) in [4.78, 5) is 116. The van der Waals surface area contributed by atoms with E-state index in [1.54, 1.807) is 97.5 Å². The van der Waals surface area contributed by atoms with E-state index in [-0.39, 0.29) is 85.7 Å². The molecule has 0 bridgehead atoms. The van der Waals surface area contributed by atoms with Crippen molar-refractivity contribution in [2.24, 2.45) is 0 Å². The third kappa shape index (κ3) is 30.6. The van der Waals surface area contributed by atoms with Gasteiger partial charge in [-0.3, -0.25) is 67.0 Å². The fourth-order valence-electron chi connectivity index (χ4n) is 17.9. The van der Waals surface area contributed by atoms with E-state index in [0.717, 1.165) is 101 Å². The summed E-state index contributed by atoms with van der Waals surface area (Å²) in [6, 6.07) is 61.6. The fraction of sp³-hybridized carbons (Fsp3) is 0.427. The molecule has 12 aromatic rings. The molecule has 0 radical (unpaired) electrons. The van der Waals surface area contributed by atoms with Crippen molar-refractivity contribution in [2.75, 3.05) is 178 Å². The Morgan fingerprint density at radius 3 is 1.01 bits per heavy atom. The summed E-state index contributed by atoms with van der Waals surface area (Å²) >= 11 is 17.9. The first kappa shape index (κ1) is 107. The van der Waals surface area contributed by atoms with Crippen LogP contribution in [0.25, 0.3) is 49.8 Å². The van der Waals surface area contributed by atoms with E-state index in [1.807, 2.05) is 148 Å². The molecule has 0 atom stereocenters. The highest BCUT2D eigenvalue weighted by atomic mass is 35.5. The minimum absolute atomic E-state index is 0.0193. The second-order valence-corrected chi connectivity index (χ2v) is 38.7. The number of aromatic nitrogens is 6. The Kier molecular flexibility index (Phi) is 39.7. The minimum atomic E-state index is -0.151. The number of carbonyl (C=O) groups is 3. The molecule has 30 nitrogen and oxygen atoms in total. The first-order valence-electron chi connectivity index (χ1n) is 49.7. The molecule has 7 heterocycles. The van der Waals surface area contributed by atoms with E-state index >= 15 is 0 Å². The van der Waals surface area contributed by atoms with Gasteiger partial charge in [-0.25, -0.2) is 15.0 Å². The van der Waals surface area contributed by atoms with E-state index in [4.69, 9.17) is 88.0 Å². The Hall–Kier alpha value is -11.9. The number of aryl methyl sites for hydroxylation is 2. The molecule has 9 aromatic carbocycles. The first-order valence-corrected chi connectivity index (χ1v) is 50.9. The van der Waals surface area contributed by atoms with Crippen molar-refractivity contribution in [1.29, 1.82) is 0 Å². The van der Waals surface area contributed by atoms with Crippen molar-refractivity contribution >= 4 is 85.2 Å². The Labute approximate surface area is 851 Å². The van der Waals surface area contributed by atoms with Crippen LogP contribution in [0.4, 0.5) is 0 Å². The average molecular weight is 2010 g/mol. The van der Waals surface area contributed by atoms with Crippen molar-refractivity contribution in [3.8, 4) is 51.6 Å². The summed E-state index contributed by atoms with van der Waals surface area (Å²) in [5.74, 6) is 5.38. The van der Waals surface area contributed by atoms with Gasteiger partial charge in [0, 0.05) is 139 Å². The molecule has 4 aliphatic heterocycles. The molecule has 0 saturated carbocycles. The van der Waals surface area contributed by atoms with Gasteiger partial charge in [-0.05, 0) is 263 Å². The lowest BCUT2D eigenvalue weighted by atomic mass is 10.1. The van der Waals surface area contributed by atoms with Crippen molar-refractivity contribution in [3.63, 3.8) is 0 Å². The summed E-state index contributed by atoms with van der Waals surface area (Å²) in [7, 11) is 4.21. The average Bonchev–Trinajstić information content (AvgIpc) is 0.770. The highest BCUT2D eigenvalue weighted by Crippen LogP contribution is 2.34. The number of ether oxygens (including phenoxy) is 7. The van der Waals surface area contributed by atoms with Crippen LogP contribution in [-0.2, 0) is 58.1 Å². The maximum atomic E-state index is 14.3. The summed E-state index contributed by atoms with van der Waals surface area (Å²) < 4.78 is 46.4. The largest absolute Gasteiger partial charge is 0.489 e. The van der Waals surface area contributed by atoms with Gasteiger partial charge < -0.3 is 63.0 Å². The van der Waals surface area contributed by atoms with Crippen LogP contribution in [0, 0.1) is 0 Å². The number of hydrogen-bond acceptors (Lipinski definition) is 24. The molecule has 143 heavy (non-hydrogen) atoms. The Balaban J connectivity index is 0.000000170. The van der Waals surface area contributed by atoms with Crippen LogP contribution in [0.3, 0.4) is 0 Å². The van der Waals surface area contributed by atoms with E-state index in [0.29, 0.717) is 229 Å². The molecule has 0 spiro atoms. The lowest BCUT2D eigenvalue weighted by Crippen LogP contribution is -2.50. The fourth-order valence-corrected chi connectivity index (χ4v) is 18.2. The van der Waals surface area contributed by atoms with Crippen LogP contribution in [0.2, 0.25) is 15.1 Å². The number of rotatable bonds is 41. The minimum Gasteiger partial charge on any atom is -0.489 e. The van der Waals surface area contributed by atoms with Gasteiger partial charge in [0.05, 0.1) is 108 Å². The van der Waals surface area contributed by atoms with E-state index < -0.39 is 0 Å². The lowest BCUT2D eigenvalue weighted by molar-refractivity contribution is -0.135. The van der Waals surface area contributed by atoms with Crippen molar-refractivity contribution in [2.45, 2.75) is 131 Å². The number of carbonyl (C=O) groups excluding carboxylic acids is 3. The molecule has 760 valence electrons. The third-order valence-electron chi connectivity index (χ3n) is 25.3. The van der Waals surface area contributed by atoms with Crippen LogP contribution in [0.15, 0.2) is 215 Å². The first-order chi connectivity index (χ1) is 69.3. The zero-order chi connectivity index (χ0) is 101. The van der Waals surface area contributed by atoms with Gasteiger partial charge in [-0.15, -0.1) is 0 Å². The Morgan fingerprint density at radius 2 is 0.671 bits per heavy atom. The molecule has 0 aliphatic carbocycles. The summed E-state index contributed by atoms with van der Waals surface area (Å²) in [6.45, 7) is 27.5. The molecule has 3 amide bonds. The topological polar surface area (TPSA) is 290 Å². The van der Waals surface area contributed by atoms with Gasteiger partial charge in [-0.2, -0.15) is 0 Å². The Bertz CT molecular complexity index is 6380. The number of aliphatic hydroxyl groups excluding tert-OH is 2. The zero-order valence-corrected chi connectivity index (χ0v) is 85.6. The molecular formula is C110H134Cl3N15O15. The normalized spacial score (nSPS) is 14.7. The SMILES string of the molecule is CC(C)Oc1ccc(CCCCCN(C)C)cc1-n1c(CN2CCN(C(=O)COc3ccc(Cl)cc3)CC2)nc2ccccc2c1=O.CC(C)Oc1ccc(CCCCOCCO)cc1-n1c(CN2CCN(C(=O)COc3ccc(Cl)cc3)CC2)nc2ccccc2c1=O.CC(C)Oc1ccc(CN2CCN(CCO)CC2)cc1-n1c(CN2CCN(C(=O)COc3ccc(Cl)cc3)CC2)nc2ccccc2c1=O. The predicted octanol–water partition coefficient (Wildman–Crippen LogP) is 14.4. The van der Waals surface area contributed by atoms with E-state index in [1.165, 1.54) is 5.56 Å². The maximum absolute atomic E-state index is 14.3. The van der Waals surface area contributed by atoms with Crippen molar-refractivity contribution in [3.05, 3.63) is 280 Å². The number of aliphatic hydroxyl groups is 2. The van der Waals surface area contributed by atoms with Gasteiger partial charge in [0.2, 0.25) is 0 Å². The molecule has 2 N–H and O–H groups in total. The molecule has 4 aliphatic rings. The number of fused-ring (bicyclic) bond motifs is 3. The smallest absolute Gasteiger partial charge is 0.266 e. The monoisotopic (exact) mass is 2010 g/mol. The second-order valence-electron chi connectivity index (χ2n) is 37.4. The van der Waals surface area contributed by atoms with Gasteiger partial charge >= 0.3 is 0 Å². The van der Waals surface area contributed by atoms with Gasteiger partial charge in [0.1, 0.15) is 52.0 Å². The number of piperazine rings is 4.